The summed E-state index contributed by atoms with van der Waals surface area (Å²) in [5.41, 5.74) is 0.302. The average molecular weight is 426 g/mol. The van der Waals surface area contributed by atoms with Crippen LogP contribution in [0.1, 0.15) is 13.2 Å². The molecule has 0 saturated carbocycles. The van der Waals surface area contributed by atoms with Crippen LogP contribution >= 0.6 is 0 Å². The number of aliphatic hydroxyl groups excluding tert-OH is 4. The minimum Gasteiger partial charge on any atom is -0.480 e. The zero-order valence-electron chi connectivity index (χ0n) is 16.0. The molecule has 14 nitrogen and oxygen atoms in total. The topological polar surface area (TPSA) is 203 Å². The van der Waals surface area contributed by atoms with Crippen molar-refractivity contribution in [3.63, 3.8) is 0 Å². The van der Waals surface area contributed by atoms with Crippen molar-refractivity contribution in [2.24, 2.45) is 0 Å². The molecule has 164 valence electrons. The Kier molecular flexibility index (Phi) is 6.14. The minimum absolute atomic E-state index is 0.0257. The fourth-order valence-corrected chi connectivity index (χ4v) is 3.10. The summed E-state index contributed by atoms with van der Waals surface area (Å²) in [6.45, 7) is 0.725. The molecule has 6 atom stereocenters. The van der Waals surface area contributed by atoms with Gasteiger partial charge in [-0.3, -0.25) is 9.47 Å². The number of rotatable bonds is 6. The Bertz CT molecular complexity index is 936. The van der Waals surface area contributed by atoms with E-state index in [1.54, 1.807) is 0 Å². The Morgan fingerprint density at radius 2 is 2.00 bits per heavy atom. The second kappa shape index (κ2) is 8.45. The first-order chi connectivity index (χ1) is 14.2. The first kappa shape index (κ1) is 21.8. The van der Waals surface area contributed by atoms with Crippen LogP contribution in [0.3, 0.4) is 0 Å². The van der Waals surface area contributed by atoms with Gasteiger partial charge in [-0.2, -0.15) is 0 Å². The van der Waals surface area contributed by atoms with E-state index in [0.29, 0.717) is 0 Å². The molecule has 2 amide bonds. The van der Waals surface area contributed by atoms with E-state index in [9.17, 15) is 30.0 Å². The van der Waals surface area contributed by atoms with Crippen LogP contribution in [0.4, 0.5) is 10.6 Å². The van der Waals surface area contributed by atoms with Gasteiger partial charge in [-0.25, -0.2) is 24.5 Å². The number of anilines is 1. The van der Waals surface area contributed by atoms with Gasteiger partial charge < -0.3 is 35.6 Å². The second-order valence-electron chi connectivity index (χ2n) is 6.82. The van der Waals surface area contributed by atoms with Crippen molar-refractivity contribution in [2.45, 2.75) is 43.6 Å². The van der Waals surface area contributed by atoms with Crippen molar-refractivity contribution < 1.29 is 39.9 Å². The predicted molar refractivity (Wildman–Crippen MR) is 98.4 cm³/mol. The van der Waals surface area contributed by atoms with Crippen molar-refractivity contribution in [1.82, 2.24) is 24.8 Å². The number of hydrogen-bond acceptors (Lipinski definition) is 10. The largest absolute Gasteiger partial charge is 0.480 e. The third kappa shape index (κ3) is 3.78. The summed E-state index contributed by atoms with van der Waals surface area (Å²) in [5, 5.41) is 50.3. The van der Waals surface area contributed by atoms with Gasteiger partial charge in [0.1, 0.15) is 24.6 Å². The normalized spacial score (nSPS) is 25.8. The van der Waals surface area contributed by atoms with E-state index in [4.69, 9.17) is 9.84 Å². The van der Waals surface area contributed by atoms with E-state index in [1.165, 1.54) is 24.9 Å². The molecule has 6 N–H and O–H groups in total. The van der Waals surface area contributed by atoms with Gasteiger partial charge in [-0.1, -0.05) is 0 Å². The summed E-state index contributed by atoms with van der Waals surface area (Å²) in [5.74, 6) is -1.38. The van der Waals surface area contributed by atoms with E-state index < -0.39 is 55.3 Å². The fraction of sp³-hybridized carbons (Fsp3) is 0.562. The van der Waals surface area contributed by atoms with Crippen LogP contribution in [0, 0.1) is 0 Å². The Morgan fingerprint density at radius 1 is 1.30 bits per heavy atom. The highest BCUT2D eigenvalue weighted by atomic mass is 16.6. The van der Waals surface area contributed by atoms with E-state index >= 15 is 0 Å². The third-order valence-electron chi connectivity index (χ3n) is 4.78. The van der Waals surface area contributed by atoms with Crippen LogP contribution in [0.15, 0.2) is 12.7 Å². The summed E-state index contributed by atoms with van der Waals surface area (Å²) >= 11 is 0. The molecule has 30 heavy (non-hydrogen) atoms. The van der Waals surface area contributed by atoms with Crippen molar-refractivity contribution in [3.8, 4) is 0 Å². The van der Waals surface area contributed by atoms with Crippen LogP contribution in [0.25, 0.3) is 11.2 Å². The van der Waals surface area contributed by atoms with Gasteiger partial charge >= 0.3 is 12.0 Å². The molecule has 14 heteroatoms. The van der Waals surface area contributed by atoms with Gasteiger partial charge in [0.25, 0.3) is 0 Å². The highest BCUT2D eigenvalue weighted by molar-refractivity contribution is 5.99. The standard InChI is InChI=1S/C16H22N6O8/c1-6(24)8(15(27)28)20-16(29)21(2)12-9-13(18-4-17-12)22(5-19-9)14-11(26)10(25)7(3-23)30-14/h4-8,10-11,14,23-26H,3H2,1-2H3,(H,20,29)(H,27,28)/t6-,7-,8+,10-,11-,14?/m1/s1. The molecular formula is C16H22N6O8. The zero-order chi connectivity index (χ0) is 22.2. The lowest BCUT2D eigenvalue weighted by Gasteiger charge is -2.22. The number of nitrogens with one attached hydrogen (secondary N) is 1. The number of hydrogen-bond donors (Lipinski definition) is 6. The molecule has 0 aromatic carbocycles. The molecule has 0 aliphatic carbocycles. The Labute approximate surface area is 169 Å². The summed E-state index contributed by atoms with van der Waals surface area (Å²) in [7, 11) is 1.32. The van der Waals surface area contributed by atoms with Gasteiger partial charge in [-0.05, 0) is 6.92 Å². The van der Waals surface area contributed by atoms with Crippen LogP contribution in [0.2, 0.25) is 0 Å². The Balaban J connectivity index is 1.90. The molecule has 1 aliphatic rings. The van der Waals surface area contributed by atoms with Gasteiger partial charge in [0.05, 0.1) is 19.0 Å². The van der Waals surface area contributed by atoms with Crippen molar-refractivity contribution in [2.75, 3.05) is 18.6 Å². The van der Waals surface area contributed by atoms with Crippen LogP contribution < -0.4 is 10.2 Å². The number of carboxylic acids is 1. The number of carbonyl (C=O) groups excluding carboxylic acids is 1. The van der Waals surface area contributed by atoms with Crippen LogP contribution in [-0.4, -0.2) is 101 Å². The zero-order valence-corrected chi connectivity index (χ0v) is 16.0. The number of aliphatic hydroxyl groups is 4. The summed E-state index contributed by atoms with van der Waals surface area (Å²) in [6.07, 6.45) is -3.70. The number of imidazole rings is 1. The molecule has 3 rings (SSSR count). The van der Waals surface area contributed by atoms with E-state index in [1.807, 2.05) is 0 Å². The van der Waals surface area contributed by atoms with Gasteiger partial charge in [-0.15, -0.1) is 0 Å². The average Bonchev–Trinajstić information content (AvgIpc) is 3.26. The first-order valence-electron chi connectivity index (χ1n) is 8.92. The maximum absolute atomic E-state index is 12.5. The van der Waals surface area contributed by atoms with E-state index in [-0.39, 0.29) is 17.0 Å². The predicted octanol–water partition coefficient (Wildman–Crippen LogP) is -2.58. The molecule has 3 heterocycles. The maximum atomic E-state index is 12.5. The number of carboxylic acid groups (broad SMARTS) is 1. The first-order valence-corrected chi connectivity index (χ1v) is 8.92. The van der Waals surface area contributed by atoms with Gasteiger partial charge in [0.15, 0.2) is 29.3 Å². The third-order valence-corrected chi connectivity index (χ3v) is 4.78. The lowest BCUT2D eigenvalue weighted by atomic mass is 10.1. The molecule has 2 aromatic heterocycles. The SMILES string of the molecule is C[C@@H](O)[C@H](NC(=O)N(C)c1ncnc2c1ncn2C1O[C@H](CO)[C@@H](O)[C@H]1O)C(=O)O. The number of aromatic nitrogens is 4. The lowest BCUT2D eigenvalue weighted by Crippen LogP contribution is -2.51. The van der Waals surface area contributed by atoms with E-state index in [0.717, 1.165) is 11.2 Å². The number of amides is 2. The summed E-state index contributed by atoms with van der Waals surface area (Å²) in [6, 6.07) is -2.39. The monoisotopic (exact) mass is 426 g/mol. The van der Waals surface area contributed by atoms with Crippen molar-refractivity contribution in [3.05, 3.63) is 12.7 Å². The van der Waals surface area contributed by atoms with Gasteiger partial charge in [0, 0.05) is 7.05 Å². The van der Waals surface area contributed by atoms with Crippen molar-refractivity contribution in [1.29, 1.82) is 0 Å². The molecule has 0 spiro atoms. The smallest absolute Gasteiger partial charge is 0.328 e. The number of nitrogens with zero attached hydrogens (tertiary/aromatic N) is 5. The van der Waals surface area contributed by atoms with Crippen LogP contribution in [-0.2, 0) is 9.53 Å². The molecular weight excluding hydrogens is 404 g/mol. The molecule has 0 bridgehead atoms. The molecule has 0 radical (unpaired) electrons. The summed E-state index contributed by atoms with van der Waals surface area (Å²) in [4.78, 5) is 36.9. The molecule has 1 saturated heterocycles. The van der Waals surface area contributed by atoms with Crippen LogP contribution in [0.5, 0.6) is 0 Å². The number of aliphatic carboxylic acids is 1. The number of fused-ring (bicyclic) bond motifs is 1. The minimum atomic E-state index is -1.53. The molecule has 1 fully saturated rings. The second-order valence-corrected chi connectivity index (χ2v) is 6.82. The molecule has 1 aliphatic heterocycles. The maximum Gasteiger partial charge on any atom is 0.328 e. The summed E-state index contributed by atoms with van der Waals surface area (Å²) < 4.78 is 6.79. The van der Waals surface area contributed by atoms with Crippen molar-refractivity contribution >= 4 is 29.0 Å². The number of ether oxygens (including phenoxy) is 1. The number of urea groups is 1. The highest BCUT2D eigenvalue weighted by Gasteiger charge is 2.44. The Hall–Kier alpha value is -2.91. The quantitative estimate of drug-likeness (QED) is 0.283. The molecule has 1 unspecified atom stereocenters. The Morgan fingerprint density at radius 3 is 2.57 bits per heavy atom. The fourth-order valence-electron chi connectivity index (χ4n) is 3.10. The highest BCUT2D eigenvalue weighted by Crippen LogP contribution is 2.32. The number of carbonyl (C=O) groups is 2. The molecule has 2 aromatic rings. The van der Waals surface area contributed by atoms with E-state index in [2.05, 4.69) is 20.3 Å². The lowest BCUT2D eigenvalue weighted by molar-refractivity contribution is -0.141. The van der Waals surface area contributed by atoms with Gasteiger partial charge in [0.2, 0.25) is 0 Å².